The fourth-order valence-corrected chi connectivity index (χ4v) is 1.73. The summed E-state index contributed by atoms with van der Waals surface area (Å²) in [5, 5.41) is 2.18. The van der Waals surface area contributed by atoms with Crippen LogP contribution in [-0.2, 0) is 17.9 Å². The maximum absolute atomic E-state index is 12.0. The van der Waals surface area contributed by atoms with Gasteiger partial charge in [-0.15, -0.1) is 0 Å². The van der Waals surface area contributed by atoms with Gasteiger partial charge in [0.25, 0.3) is 5.91 Å². The fourth-order valence-electron chi connectivity index (χ4n) is 1.73. The van der Waals surface area contributed by atoms with E-state index in [0.717, 1.165) is 25.2 Å². The molecule has 106 valence electrons. The van der Waals surface area contributed by atoms with Gasteiger partial charge in [0.05, 0.1) is 0 Å². The van der Waals surface area contributed by atoms with E-state index in [4.69, 9.17) is 0 Å². The molecule has 0 aliphatic carbocycles. The van der Waals surface area contributed by atoms with Gasteiger partial charge in [-0.2, -0.15) is 8.78 Å². The number of benzene rings is 1. The summed E-state index contributed by atoms with van der Waals surface area (Å²) >= 11 is 0. The molecular weight excluding hydrogens is 250 g/mol. The second-order valence-electron chi connectivity index (χ2n) is 4.30. The minimum Gasteiger partial charge on any atom is -0.347 e. The van der Waals surface area contributed by atoms with Crippen molar-refractivity contribution in [3.8, 4) is 0 Å². The van der Waals surface area contributed by atoms with Crippen molar-refractivity contribution in [3.63, 3.8) is 0 Å². The van der Waals surface area contributed by atoms with Gasteiger partial charge in [-0.05, 0) is 24.2 Å². The Morgan fingerprint density at radius 1 is 1.16 bits per heavy atom. The normalized spacial score (nSPS) is 11.1. The highest BCUT2D eigenvalue weighted by atomic mass is 19.3. The zero-order valence-electron chi connectivity index (χ0n) is 11.3. The van der Waals surface area contributed by atoms with Crippen molar-refractivity contribution in [2.24, 2.45) is 0 Å². The second-order valence-corrected chi connectivity index (χ2v) is 4.30. The highest BCUT2D eigenvalue weighted by Gasteiger charge is 2.13. The fraction of sp³-hybridized carbons (Fsp3) is 0.500. The van der Waals surface area contributed by atoms with Gasteiger partial charge >= 0.3 is 6.43 Å². The van der Waals surface area contributed by atoms with Crippen molar-refractivity contribution >= 4 is 5.91 Å². The van der Waals surface area contributed by atoms with Crippen molar-refractivity contribution < 1.29 is 13.6 Å². The van der Waals surface area contributed by atoms with Crippen LogP contribution < -0.4 is 5.32 Å². The van der Waals surface area contributed by atoms with E-state index in [0.29, 0.717) is 0 Å². The average molecular weight is 270 g/mol. The Balaban J connectivity index is 2.49. The first-order chi connectivity index (χ1) is 9.06. The van der Waals surface area contributed by atoms with Crippen LogP contribution in [0.25, 0.3) is 0 Å². The van der Waals surface area contributed by atoms with Crippen LogP contribution in [0.5, 0.6) is 0 Å². The first-order valence-corrected chi connectivity index (χ1v) is 6.42. The molecule has 19 heavy (non-hydrogen) atoms. The van der Waals surface area contributed by atoms with E-state index in [9.17, 15) is 13.6 Å². The Hall–Kier alpha value is -1.49. The molecule has 3 nitrogen and oxygen atoms in total. The molecular formula is C14H20F2N2O. The molecule has 1 amide bonds. The summed E-state index contributed by atoms with van der Waals surface area (Å²) < 4.78 is 24.0. The Labute approximate surface area is 112 Å². The highest BCUT2D eigenvalue weighted by molar-refractivity contribution is 5.78. The van der Waals surface area contributed by atoms with Crippen LogP contribution >= 0.6 is 0 Å². The summed E-state index contributed by atoms with van der Waals surface area (Å²) in [6, 6.07) is 7.62. The molecule has 0 radical (unpaired) electrons. The van der Waals surface area contributed by atoms with Crippen LogP contribution in [0.15, 0.2) is 24.3 Å². The van der Waals surface area contributed by atoms with Crippen LogP contribution in [-0.4, -0.2) is 30.3 Å². The number of nitrogens with one attached hydrogen (secondary N) is 1. The van der Waals surface area contributed by atoms with E-state index in [2.05, 4.69) is 24.1 Å². The largest absolute Gasteiger partial charge is 0.347 e. The third-order valence-corrected chi connectivity index (χ3v) is 2.99. The van der Waals surface area contributed by atoms with E-state index < -0.39 is 12.3 Å². The summed E-state index contributed by atoms with van der Waals surface area (Å²) in [7, 11) is 0. The molecule has 1 N–H and O–H groups in total. The van der Waals surface area contributed by atoms with Crippen molar-refractivity contribution in [3.05, 3.63) is 35.4 Å². The van der Waals surface area contributed by atoms with Gasteiger partial charge in [-0.25, -0.2) is 0 Å². The number of amides is 1. The zero-order chi connectivity index (χ0) is 14.3. The van der Waals surface area contributed by atoms with Crippen molar-refractivity contribution in [2.75, 3.05) is 13.1 Å². The number of rotatable bonds is 7. The minimum absolute atomic E-state index is 0.134. The monoisotopic (exact) mass is 270 g/mol. The number of halogens is 2. The number of nitrogens with zero attached hydrogens (tertiary/aromatic N) is 1. The van der Waals surface area contributed by atoms with Crippen molar-refractivity contribution in [1.29, 1.82) is 0 Å². The molecule has 0 saturated heterocycles. The molecule has 5 heteroatoms. The quantitative estimate of drug-likeness (QED) is 0.825. The van der Waals surface area contributed by atoms with E-state index in [1.165, 1.54) is 5.56 Å². The van der Waals surface area contributed by atoms with E-state index in [1.54, 1.807) is 0 Å². The maximum atomic E-state index is 12.0. The van der Waals surface area contributed by atoms with Crippen molar-refractivity contribution in [2.45, 2.75) is 33.4 Å². The highest BCUT2D eigenvalue weighted by Crippen LogP contribution is 2.07. The number of alkyl halides is 2. The summed E-state index contributed by atoms with van der Waals surface area (Å²) in [6.45, 7) is 7.20. The molecule has 1 aromatic rings. The molecule has 0 saturated carbocycles. The molecule has 0 aliphatic heterocycles. The molecule has 0 aliphatic rings. The molecule has 0 heterocycles. The summed E-state index contributed by atoms with van der Waals surface area (Å²) in [5.41, 5.74) is 1.99. The molecule has 0 spiro atoms. The number of carbonyl (C=O) groups excluding carboxylic acids is 1. The smallest absolute Gasteiger partial charge is 0.315 e. The molecule has 1 rings (SSSR count). The lowest BCUT2D eigenvalue weighted by atomic mass is 10.1. The molecule has 0 fully saturated rings. The summed E-state index contributed by atoms with van der Waals surface area (Å²) in [6.07, 6.45) is -2.96. The Kier molecular flexibility index (Phi) is 6.42. The van der Waals surface area contributed by atoms with Crippen LogP contribution in [0.1, 0.15) is 25.0 Å². The SMILES string of the molecule is CCN(CC)Cc1ccc(CNC(=O)C(F)F)cc1. The van der Waals surface area contributed by atoms with Crippen molar-refractivity contribution in [1.82, 2.24) is 10.2 Å². The summed E-state index contributed by atoms with van der Waals surface area (Å²) in [5.74, 6) is -1.23. The van der Waals surface area contributed by atoms with E-state index >= 15 is 0 Å². The van der Waals surface area contributed by atoms with Gasteiger partial charge in [0, 0.05) is 13.1 Å². The standard InChI is InChI=1S/C14H20F2N2O/c1-3-18(4-2)10-12-7-5-11(6-8-12)9-17-14(19)13(15)16/h5-8,13H,3-4,9-10H2,1-2H3,(H,17,19). The van der Waals surface area contributed by atoms with E-state index in [1.807, 2.05) is 24.3 Å². The number of carbonyl (C=O) groups is 1. The molecule has 0 atom stereocenters. The van der Waals surface area contributed by atoms with Crippen LogP contribution in [0.3, 0.4) is 0 Å². The first kappa shape index (κ1) is 15.6. The van der Waals surface area contributed by atoms with Crippen LogP contribution in [0.4, 0.5) is 8.78 Å². The lowest BCUT2D eigenvalue weighted by Crippen LogP contribution is -2.28. The minimum atomic E-state index is -2.96. The van der Waals surface area contributed by atoms with Gasteiger partial charge in [0.1, 0.15) is 0 Å². The predicted molar refractivity (Wildman–Crippen MR) is 70.9 cm³/mol. The molecule has 0 aromatic heterocycles. The summed E-state index contributed by atoms with van der Waals surface area (Å²) in [4.78, 5) is 13.0. The van der Waals surface area contributed by atoms with Crippen LogP contribution in [0.2, 0.25) is 0 Å². The van der Waals surface area contributed by atoms with E-state index in [-0.39, 0.29) is 6.54 Å². The predicted octanol–water partition coefficient (Wildman–Crippen LogP) is 2.41. The van der Waals surface area contributed by atoms with Gasteiger partial charge in [-0.3, -0.25) is 9.69 Å². The van der Waals surface area contributed by atoms with Gasteiger partial charge < -0.3 is 5.32 Å². The molecule has 1 aromatic carbocycles. The first-order valence-electron chi connectivity index (χ1n) is 6.42. The lowest BCUT2D eigenvalue weighted by molar-refractivity contribution is -0.131. The number of hydrogen-bond donors (Lipinski definition) is 1. The third-order valence-electron chi connectivity index (χ3n) is 2.99. The Bertz CT molecular complexity index is 389. The number of hydrogen-bond acceptors (Lipinski definition) is 2. The molecule has 0 unspecified atom stereocenters. The van der Waals surface area contributed by atoms with Crippen LogP contribution in [0, 0.1) is 0 Å². The van der Waals surface area contributed by atoms with Gasteiger partial charge in [-0.1, -0.05) is 38.1 Å². The Morgan fingerprint density at radius 2 is 1.68 bits per heavy atom. The third kappa shape index (κ3) is 5.34. The molecule has 0 bridgehead atoms. The Morgan fingerprint density at radius 3 is 2.16 bits per heavy atom. The zero-order valence-corrected chi connectivity index (χ0v) is 11.3. The lowest BCUT2D eigenvalue weighted by Gasteiger charge is -2.18. The maximum Gasteiger partial charge on any atom is 0.315 e. The van der Waals surface area contributed by atoms with Gasteiger partial charge in [0.15, 0.2) is 0 Å². The topological polar surface area (TPSA) is 32.3 Å². The second kappa shape index (κ2) is 7.84. The van der Waals surface area contributed by atoms with Gasteiger partial charge in [0.2, 0.25) is 0 Å². The average Bonchev–Trinajstić information content (AvgIpc) is 2.43.